The highest BCUT2D eigenvalue weighted by Gasteiger charge is 2.07. The van der Waals surface area contributed by atoms with Gasteiger partial charge in [-0.2, -0.15) is 0 Å². The molecule has 1 amide bonds. The van der Waals surface area contributed by atoms with Crippen LogP contribution in [0.3, 0.4) is 0 Å². The molecule has 0 radical (unpaired) electrons. The third-order valence-electron chi connectivity index (χ3n) is 4.84. The summed E-state index contributed by atoms with van der Waals surface area (Å²) >= 11 is 0. The molecule has 0 atom stereocenters. The Kier molecular flexibility index (Phi) is 7.58. The van der Waals surface area contributed by atoms with Crippen molar-refractivity contribution in [1.29, 1.82) is 0 Å². The minimum atomic E-state index is -0.188. The van der Waals surface area contributed by atoms with Gasteiger partial charge in [-0.25, -0.2) is 0 Å². The van der Waals surface area contributed by atoms with Crippen LogP contribution in [0.4, 0.5) is 5.69 Å². The topological polar surface area (TPSA) is 56.8 Å². The normalized spacial score (nSPS) is 10.3. The monoisotopic (exact) mass is 439 g/mol. The molecule has 166 valence electrons. The molecule has 4 aromatic rings. The number of rotatable bonds is 10. The molecule has 0 fully saturated rings. The maximum atomic E-state index is 12.5. The molecule has 0 aliphatic heterocycles. The standard InChI is InChI=1S/C28H25NO4/c30-28(29-24-13-17-27(18-14-24)33-21-22-7-3-1-4-8-22)23-11-15-26(16-12-23)32-20-19-31-25-9-5-2-6-10-25/h1-18H,19-21H2,(H,29,30). The molecule has 1 N–H and O–H groups in total. The summed E-state index contributed by atoms with van der Waals surface area (Å²) in [5, 5.41) is 2.89. The van der Waals surface area contributed by atoms with Crippen LogP contribution in [0, 0.1) is 0 Å². The molecule has 0 heterocycles. The maximum absolute atomic E-state index is 12.5. The molecule has 0 bridgehead atoms. The van der Waals surface area contributed by atoms with Crippen molar-refractivity contribution in [3.63, 3.8) is 0 Å². The van der Waals surface area contributed by atoms with Gasteiger partial charge in [0.1, 0.15) is 37.1 Å². The third-order valence-corrected chi connectivity index (χ3v) is 4.84. The molecule has 0 saturated heterocycles. The number of hydrogen-bond acceptors (Lipinski definition) is 4. The van der Waals surface area contributed by atoms with E-state index in [1.54, 1.807) is 24.3 Å². The molecule has 0 saturated carbocycles. The van der Waals surface area contributed by atoms with Gasteiger partial charge in [-0.05, 0) is 66.2 Å². The molecule has 0 unspecified atom stereocenters. The Balaban J connectivity index is 1.22. The molecule has 4 rings (SSSR count). The van der Waals surface area contributed by atoms with Gasteiger partial charge >= 0.3 is 0 Å². The molecule has 0 aliphatic carbocycles. The fourth-order valence-corrected chi connectivity index (χ4v) is 3.12. The van der Waals surface area contributed by atoms with Crippen molar-refractivity contribution in [3.8, 4) is 17.2 Å². The van der Waals surface area contributed by atoms with E-state index in [1.807, 2.05) is 84.9 Å². The van der Waals surface area contributed by atoms with Crippen LogP contribution < -0.4 is 19.5 Å². The van der Waals surface area contributed by atoms with Crippen molar-refractivity contribution in [3.05, 3.63) is 120 Å². The number of hydrogen-bond donors (Lipinski definition) is 1. The number of ether oxygens (including phenoxy) is 3. The zero-order valence-electron chi connectivity index (χ0n) is 18.1. The van der Waals surface area contributed by atoms with Crippen LogP contribution >= 0.6 is 0 Å². The SMILES string of the molecule is O=C(Nc1ccc(OCc2ccccc2)cc1)c1ccc(OCCOc2ccccc2)cc1. The highest BCUT2D eigenvalue weighted by atomic mass is 16.5. The Bertz CT molecular complexity index is 1130. The van der Waals surface area contributed by atoms with Crippen molar-refractivity contribution >= 4 is 11.6 Å². The first-order chi connectivity index (χ1) is 16.3. The Morgan fingerprint density at radius 1 is 0.576 bits per heavy atom. The number of amides is 1. The van der Waals surface area contributed by atoms with E-state index in [2.05, 4.69) is 5.32 Å². The predicted molar refractivity (Wildman–Crippen MR) is 129 cm³/mol. The molecule has 33 heavy (non-hydrogen) atoms. The molecule has 0 aromatic heterocycles. The van der Waals surface area contributed by atoms with E-state index in [4.69, 9.17) is 14.2 Å². The number of para-hydroxylation sites is 1. The van der Waals surface area contributed by atoms with Gasteiger partial charge in [-0.3, -0.25) is 4.79 Å². The Hall–Kier alpha value is -4.25. The van der Waals surface area contributed by atoms with Crippen molar-refractivity contribution in [2.24, 2.45) is 0 Å². The van der Waals surface area contributed by atoms with Gasteiger partial charge in [0.2, 0.25) is 0 Å². The molecule has 5 nitrogen and oxygen atoms in total. The first-order valence-electron chi connectivity index (χ1n) is 10.8. The zero-order valence-corrected chi connectivity index (χ0v) is 18.1. The Morgan fingerprint density at radius 3 is 1.73 bits per heavy atom. The number of anilines is 1. The van der Waals surface area contributed by atoms with Gasteiger partial charge in [0.05, 0.1) is 0 Å². The van der Waals surface area contributed by atoms with Crippen LogP contribution in [0.25, 0.3) is 0 Å². The molecule has 0 spiro atoms. The van der Waals surface area contributed by atoms with E-state index < -0.39 is 0 Å². The molecule has 5 heteroatoms. The average molecular weight is 440 g/mol. The average Bonchev–Trinajstić information content (AvgIpc) is 2.88. The number of carbonyl (C=O) groups is 1. The minimum Gasteiger partial charge on any atom is -0.490 e. The molecule has 4 aromatic carbocycles. The zero-order chi connectivity index (χ0) is 22.7. The minimum absolute atomic E-state index is 0.188. The second-order valence-corrected chi connectivity index (χ2v) is 7.29. The van der Waals surface area contributed by atoms with E-state index in [0.717, 1.165) is 17.1 Å². The van der Waals surface area contributed by atoms with Crippen molar-refractivity contribution < 1.29 is 19.0 Å². The first-order valence-corrected chi connectivity index (χ1v) is 10.8. The summed E-state index contributed by atoms with van der Waals surface area (Å²) in [7, 11) is 0. The fraction of sp³-hybridized carbons (Fsp3) is 0.107. The highest BCUT2D eigenvalue weighted by Crippen LogP contribution is 2.19. The van der Waals surface area contributed by atoms with Gasteiger partial charge < -0.3 is 19.5 Å². The summed E-state index contributed by atoms with van der Waals surface area (Å²) in [6.45, 7) is 1.36. The van der Waals surface area contributed by atoms with Crippen LogP contribution in [-0.2, 0) is 6.61 Å². The van der Waals surface area contributed by atoms with E-state index in [-0.39, 0.29) is 5.91 Å². The van der Waals surface area contributed by atoms with Gasteiger partial charge in [-0.15, -0.1) is 0 Å². The Labute approximate surface area is 193 Å². The van der Waals surface area contributed by atoms with Crippen LogP contribution in [0.15, 0.2) is 109 Å². The summed E-state index contributed by atoms with van der Waals surface area (Å²) < 4.78 is 17.1. The number of benzene rings is 4. The van der Waals surface area contributed by atoms with E-state index in [9.17, 15) is 4.79 Å². The van der Waals surface area contributed by atoms with Gasteiger partial charge in [-0.1, -0.05) is 48.5 Å². The van der Waals surface area contributed by atoms with Crippen molar-refractivity contribution in [1.82, 2.24) is 0 Å². The summed E-state index contributed by atoms with van der Waals surface area (Å²) in [5.41, 5.74) is 2.35. The number of carbonyl (C=O) groups excluding carboxylic acids is 1. The summed E-state index contributed by atoms with van der Waals surface area (Å²) in [4.78, 5) is 12.5. The lowest BCUT2D eigenvalue weighted by atomic mass is 10.2. The quantitative estimate of drug-likeness (QED) is 0.309. The number of nitrogens with one attached hydrogen (secondary N) is 1. The van der Waals surface area contributed by atoms with Crippen LogP contribution in [0.1, 0.15) is 15.9 Å². The molecular weight excluding hydrogens is 414 g/mol. The van der Waals surface area contributed by atoms with Gasteiger partial charge in [0.15, 0.2) is 0 Å². The second kappa shape index (κ2) is 11.4. The third kappa shape index (κ3) is 6.87. The summed E-state index contributed by atoms with van der Waals surface area (Å²) in [6, 6.07) is 33.9. The lowest BCUT2D eigenvalue weighted by molar-refractivity contribution is 0.102. The fourth-order valence-electron chi connectivity index (χ4n) is 3.12. The summed E-state index contributed by atoms with van der Waals surface area (Å²) in [6.07, 6.45) is 0. The molecule has 0 aliphatic rings. The Morgan fingerprint density at radius 2 is 1.09 bits per heavy atom. The lowest BCUT2D eigenvalue weighted by Gasteiger charge is -2.10. The van der Waals surface area contributed by atoms with Gasteiger partial charge in [0, 0.05) is 11.3 Å². The van der Waals surface area contributed by atoms with Crippen LogP contribution in [-0.4, -0.2) is 19.1 Å². The lowest BCUT2D eigenvalue weighted by Crippen LogP contribution is -2.12. The second-order valence-electron chi connectivity index (χ2n) is 7.29. The van der Waals surface area contributed by atoms with Crippen LogP contribution in [0.5, 0.6) is 17.2 Å². The van der Waals surface area contributed by atoms with E-state index >= 15 is 0 Å². The predicted octanol–water partition coefficient (Wildman–Crippen LogP) is 5.98. The first kappa shape index (κ1) is 22.0. The molecular formula is C28H25NO4. The van der Waals surface area contributed by atoms with Gasteiger partial charge in [0.25, 0.3) is 5.91 Å². The van der Waals surface area contributed by atoms with E-state index in [1.165, 1.54) is 0 Å². The van der Waals surface area contributed by atoms with E-state index in [0.29, 0.717) is 36.8 Å². The smallest absolute Gasteiger partial charge is 0.255 e. The summed E-state index contributed by atoms with van der Waals surface area (Å²) in [5.74, 6) is 2.05. The van der Waals surface area contributed by atoms with Crippen molar-refractivity contribution in [2.45, 2.75) is 6.61 Å². The van der Waals surface area contributed by atoms with Crippen molar-refractivity contribution in [2.75, 3.05) is 18.5 Å². The van der Waals surface area contributed by atoms with Crippen LogP contribution in [0.2, 0.25) is 0 Å². The maximum Gasteiger partial charge on any atom is 0.255 e. The largest absolute Gasteiger partial charge is 0.490 e. The highest BCUT2D eigenvalue weighted by molar-refractivity contribution is 6.04.